The molecule has 0 unspecified atom stereocenters. The van der Waals surface area contributed by atoms with E-state index >= 15 is 0 Å². The Labute approximate surface area is 194 Å². The van der Waals surface area contributed by atoms with Gasteiger partial charge in [0.1, 0.15) is 12.3 Å². The van der Waals surface area contributed by atoms with Crippen molar-refractivity contribution in [3.05, 3.63) is 53.6 Å². The minimum absolute atomic E-state index is 0.0693. The molecule has 0 atom stereocenters. The third kappa shape index (κ3) is 6.37. The highest BCUT2D eigenvalue weighted by Gasteiger charge is 2.29. The second kappa shape index (κ2) is 11.5. The number of anilines is 1. The first-order chi connectivity index (χ1) is 15.4. The molecule has 3 rings (SSSR count). The van der Waals surface area contributed by atoms with Gasteiger partial charge in [-0.2, -0.15) is 0 Å². The van der Waals surface area contributed by atoms with Crippen LogP contribution >= 0.6 is 11.6 Å². The molecule has 0 heterocycles. The summed E-state index contributed by atoms with van der Waals surface area (Å²) in [6.07, 6.45) is 5.60. The van der Waals surface area contributed by atoms with Crippen LogP contribution in [0, 0.1) is 0 Å². The van der Waals surface area contributed by atoms with Gasteiger partial charge in [0.05, 0.1) is 23.8 Å². The van der Waals surface area contributed by atoms with E-state index < -0.39 is 22.5 Å². The molecule has 1 saturated carbocycles. The second-order valence-corrected chi connectivity index (χ2v) is 9.92. The lowest BCUT2D eigenvalue weighted by molar-refractivity contribution is -0.119. The first-order valence-electron chi connectivity index (χ1n) is 10.7. The van der Waals surface area contributed by atoms with E-state index in [0.29, 0.717) is 36.4 Å². The maximum atomic E-state index is 13.4. The van der Waals surface area contributed by atoms with Crippen LogP contribution in [-0.4, -0.2) is 47.2 Å². The molecule has 174 valence electrons. The van der Waals surface area contributed by atoms with E-state index in [2.05, 4.69) is 5.32 Å². The predicted octanol–water partition coefficient (Wildman–Crippen LogP) is 4.01. The van der Waals surface area contributed by atoms with Crippen molar-refractivity contribution in [2.75, 3.05) is 31.1 Å². The fourth-order valence-electron chi connectivity index (χ4n) is 3.67. The molecule has 2 aromatic carbocycles. The van der Waals surface area contributed by atoms with Gasteiger partial charge < -0.3 is 14.8 Å². The summed E-state index contributed by atoms with van der Waals surface area (Å²) < 4.78 is 39.0. The van der Waals surface area contributed by atoms with Gasteiger partial charge in [-0.3, -0.25) is 9.10 Å². The van der Waals surface area contributed by atoms with Gasteiger partial charge in [-0.05, 0) is 49.6 Å². The number of carbonyl (C=O) groups excluding carboxylic acids is 1. The number of methoxy groups -OCH3 is 1. The second-order valence-electron chi connectivity index (χ2n) is 7.62. The number of halogens is 1. The summed E-state index contributed by atoms with van der Waals surface area (Å²) in [5, 5.41) is 3.12. The van der Waals surface area contributed by atoms with E-state index in [9.17, 15) is 13.2 Å². The van der Waals surface area contributed by atoms with Crippen LogP contribution in [0.2, 0.25) is 5.02 Å². The normalized spacial score (nSPS) is 14.3. The number of benzene rings is 2. The molecule has 0 aliphatic heterocycles. The predicted molar refractivity (Wildman–Crippen MR) is 125 cm³/mol. The highest BCUT2D eigenvalue weighted by atomic mass is 35.5. The molecule has 1 aliphatic rings. The van der Waals surface area contributed by atoms with Gasteiger partial charge in [0.25, 0.3) is 10.0 Å². The van der Waals surface area contributed by atoms with Crippen molar-refractivity contribution in [1.82, 2.24) is 5.32 Å². The molecule has 0 spiro atoms. The maximum Gasteiger partial charge on any atom is 0.264 e. The SMILES string of the molecule is COc1ccc(Cl)cc1N(CC(=O)NCCCOC1CCCC1)S(=O)(=O)c1ccccc1. The summed E-state index contributed by atoms with van der Waals surface area (Å²) in [5.74, 6) is -0.126. The number of sulfonamides is 1. The van der Waals surface area contributed by atoms with E-state index in [1.807, 2.05) is 0 Å². The van der Waals surface area contributed by atoms with Gasteiger partial charge in [0.2, 0.25) is 5.91 Å². The molecule has 0 aromatic heterocycles. The minimum Gasteiger partial charge on any atom is -0.495 e. The molecule has 0 radical (unpaired) electrons. The molecule has 0 bridgehead atoms. The van der Waals surface area contributed by atoms with Crippen LogP contribution in [0.25, 0.3) is 0 Å². The van der Waals surface area contributed by atoms with Crippen molar-refractivity contribution in [2.45, 2.75) is 43.1 Å². The zero-order valence-corrected chi connectivity index (χ0v) is 19.7. The van der Waals surface area contributed by atoms with Gasteiger partial charge in [0, 0.05) is 18.2 Å². The molecule has 32 heavy (non-hydrogen) atoms. The number of carbonyl (C=O) groups is 1. The highest BCUT2D eigenvalue weighted by molar-refractivity contribution is 7.92. The lowest BCUT2D eigenvalue weighted by Gasteiger charge is -2.26. The Kier molecular flexibility index (Phi) is 8.78. The average Bonchev–Trinajstić information content (AvgIpc) is 3.31. The third-order valence-corrected chi connectivity index (χ3v) is 7.34. The summed E-state index contributed by atoms with van der Waals surface area (Å²) >= 11 is 6.13. The topological polar surface area (TPSA) is 84.9 Å². The average molecular weight is 481 g/mol. The Bertz CT molecular complexity index is 995. The van der Waals surface area contributed by atoms with Crippen LogP contribution in [0.4, 0.5) is 5.69 Å². The van der Waals surface area contributed by atoms with Crippen LogP contribution in [0.3, 0.4) is 0 Å². The number of amides is 1. The summed E-state index contributed by atoms with van der Waals surface area (Å²) in [5.41, 5.74) is 0.198. The van der Waals surface area contributed by atoms with E-state index in [0.717, 1.165) is 17.1 Å². The molecule has 0 saturated heterocycles. The van der Waals surface area contributed by atoms with Gasteiger partial charge in [-0.15, -0.1) is 0 Å². The van der Waals surface area contributed by atoms with Crippen LogP contribution in [0.1, 0.15) is 32.1 Å². The molecule has 1 amide bonds. The Morgan fingerprint density at radius 1 is 1.16 bits per heavy atom. The Hall–Kier alpha value is -2.29. The van der Waals surface area contributed by atoms with Crippen molar-refractivity contribution in [1.29, 1.82) is 0 Å². The van der Waals surface area contributed by atoms with E-state index in [4.69, 9.17) is 21.1 Å². The van der Waals surface area contributed by atoms with E-state index in [-0.39, 0.29) is 10.6 Å². The highest BCUT2D eigenvalue weighted by Crippen LogP contribution is 2.34. The standard InChI is InChI=1S/C23H29ClN2O5S/c1-30-22-13-12-18(24)16-21(22)26(32(28,29)20-10-3-2-4-11-20)17-23(27)25-14-7-15-31-19-8-5-6-9-19/h2-4,10-13,16,19H,5-9,14-15,17H2,1H3,(H,25,27). The Morgan fingerprint density at radius 3 is 2.56 bits per heavy atom. The monoisotopic (exact) mass is 480 g/mol. The zero-order chi connectivity index (χ0) is 23.0. The maximum absolute atomic E-state index is 13.4. The van der Waals surface area contributed by atoms with Gasteiger partial charge in [0.15, 0.2) is 0 Å². The summed E-state index contributed by atoms with van der Waals surface area (Å²) in [6.45, 7) is 0.563. The number of hydrogen-bond donors (Lipinski definition) is 1. The lowest BCUT2D eigenvalue weighted by atomic mass is 10.3. The van der Waals surface area contributed by atoms with Gasteiger partial charge >= 0.3 is 0 Å². The largest absolute Gasteiger partial charge is 0.495 e. The fourth-order valence-corrected chi connectivity index (χ4v) is 5.28. The summed E-state index contributed by atoms with van der Waals surface area (Å²) in [6, 6.07) is 12.6. The summed E-state index contributed by atoms with van der Waals surface area (Å²) in [7, 11) is -2.60. The molecule has 1 aliphatic carbocycles. The van der Waals surface area contributed by atoms with E-state index in [1.54, 1.807) is 30.3 Å². The van der Waals surface area contributed by atoms with Crippen LogP contribution in [0.15, 0.2) is 53.4 Å². The molecule has 2 aromatic rings. The van der Waals surface area contributed by atoms with Crippen molar-refractivity contribution in [3.63, 3.8) is 0 Å². The lowest BCUT2D eigenvalue weighted by Crippen LogP contribution is -2.41. The quantitative estimate of drug-likeness (QED) is 0.491. The number of nitrogens with zero attached hydrogens (tertiary/aromatic N) is 1. The Morgan fingerprint density at radius 2 is 1.88 bits per heavy atom. The first-order valence-corrected chi connectivity index (χ1v) is 12.5. The van der Waals surface area contributed by atoms with Gasteiger partial charge in [-0.1, -0.05) is 42.6 Å². The third-order valence-electron chi connectivity index (χ3n) is 5.33. The molecule has 1 fully saturated rings. The van der Waals surface area contributed by atoms with Crippen LogP contribution < -0.4 is 14.4 Å². The number of hydrogen-bond acceptors (Lipinski definition) is 5. The van der Waals surface area contributed by atoms with Crippen molar-refractivity contribution in [2.24, 2.45) is 0 Å². The smallest absolute Gasteiger partial charge is 0.264 e. The zero-order valence-electron chi connectivity index (χ0n) is 18.1. The molecule has 7 nitrogen and oxygen atoms in total. The van der Waals surface area contributed by atoms with Crippen molar-refractivity contribution < 1.29 is 22.7 Å². The first kappa shape index (κ1) is 24.4. The number of nitrogens with one attached hydrogen (secondary N) is 1. The van der Waals surface area contributed by atoms with E-state index in [1.165, 1.54) is 38.2 Å². The van der Waals surface area contributed by atoms with Crippen molar-refractivity contribution >= 4 is 33.2 Å². The van der Waals surface area contributed by atoms with Crippen LogP contribution in [-0.2, 0) is 19.6 Å². The fraction of sp³-hybridized carbons (Fsp3) is 0.435. The molecule has 1 N–H and O–H groups in total. The molecular weight excluding hydrogens is 452 g/mol. The molecule has 9 heteroatoms. The van der Waals surface area contributed by atoms with Crippen molar-refractivity contribution in [3.8, 4) is 5.75 Å². The molecular formula is C23H29ClN2O5S. The van der Waals surface area contributed by atoms with Gasteiger partial charge in [-0.25, -0.2) is 8.42 Å². The number of rotatable bonds is 11. The Balaban J connectivity index is 1.71. The minimum atomic E-state index is -4.04. The summed E-state index contributed by atoms with van der Waals surface area (Å²) in [4.78, 5) is 12.7. The number of ether oxygens (including phenoxy) is 2. The van der Waals surface area contributed by atoms with Crippen LogP contribution in [0.5, 0.6) is 5.75 Å².